The summed E-state index contributed by atoms with van der Waals surface area (Å²) in [6.07, 6.45) is -0.729. The van der Waals surface area contributed by atoms with Crippen LogP contribution in [-0.2, 0) is 19.0 Å². The van der Waals surface area contributed by atoms with Crippen molar-refractivity contribution in [2.45, 2.75) is 32.1 Å². The Morgan fingerprint density at radius 1 is 1.20 bits per heavy atom. The molecule has 1 amide bonds. The molecule has 0 saturated carbocycles. The monoisotopic (exact) mass is 292 g/mol. The van der Waals surface area contributed by atoms with Crippen molar-refractivity contribution in [3.05, 3.63) is 0 Å². The van der Waals surface area contributed by atoms with E-state index in [9.17, 15) is 9.90 Å². The quantitative estimate of drug-likeness (QED) is 0.406. The molecule has 0 heterocycles. The Hall–Kier alpha value is -0.730. The number of nitrogens with one attached hydrogen (secondary N) is 2. The second-order valence-electron chi connectivity index (χ2n) is 4.67. The Morgan fingerprint density at radius 2 is 1.90 bits per heavy atom. The molecule has 0 aromatic heterocycles. The maximum Gasteiger partial charge on any atom is 0.236 e. The van der Waals surface area contributed by atoms with Crippen molar-refractivity contribution in [2.24, 2.45) is 0 Å². The number of aliphatic hydroxyl groups excluding tert-OH is 1. The number of hydrogen-bond acceptors (Lipinski definition) is 6. The van der Waals surface area contributed by atoms with Crippen molar-refractivity contribution in [1.82, 2.24) is 10.6 Å². The van der Waals surface area contributed by atoms with Crippen LogP contribution in [0.15, 0.2) is 0 Å². The highest BCUT2D eigenvalue weighted by Gasteiger charge is 2.14. The van der Waals surface area contributed by atoms with E-state index in [4.69, 9.17) is 14.2 Å². The molecule has 3 N–H and O–H groups in total. The number of amides is 1. The van der Waals surface area contributed by atoms with Gasteiger partial charge in [0, 0.05) is 27.3 Å². The van der Waals surface area contributed by atoms with E-state index in [-0.39, 0.29) is 24.7 Å². The summed E-state index contributed by atoms with van der Waals surface area (Å²) < 4.78 is 15.2. The molecule has 0 rings (SSSR count). The van der Waals surface area contributed by atoms with E-state index < -0.39 is 6.10 Å². The van der Waals surface area contributed by atoms with E-state index in [2.05, 4.69) is 10.6 Å². The molecule has 20 heavy (non-hydrogen) atoms. The predicted octanol–water partition coefficient (Wildman–Crippen LogP) is -0.860. The van der Waals surface area contributed by atoms with Crippen LogP contribution < -0.4 is 10.6 Å². The Kier molecular flexibility index (Phi) is 11.6. The fraction of sp³-hybridized carbons (Fsp3) is 0.923. The first-order chi connectivity index (χ1) is 9.51. The number of methoxy groups -OCH3 is 2. The minimum Gasteiger partial charge on any atom is -0.389 e. The van der Waals surface area contributed by atoms with Crippen LogP contribution in [0.2, 0.25) is 0 Å². The van der Waals surface area contributed by atoms with E-state index >= 15 is 0 Å². The van der Waals surface area contributed by atoms with Crippen LogP contribution in [-0.4, -0.2) is 76.4 Å². The minimum atomic E-state index is -0.663. The zero-order valence-corrected chi connectivity index (χ0v) is 12.8. The van der Waals surface area contributed by atoms with E-state index in [0.29, 0.717) is 26.3 Å². The Labute approximate surface area is 121 Å². The maximum absolute atomic E-state index is 11.6. The first-order valence-corrected chi connectivity index (χ1v) is 6.79. The SMILES string of the molecule is COCCNC(=O)C(C)NCC(O)COC(C)COC. The summed E-state index contributed by atoms with van der Waals surface area (Å²) >= 11 is 0. The average Bonchev–Trinajstić information content (AvgIpc) is 2.42. The molecule has 3 atom stereocenters. The van der Waals surface area contributed by atoms with Crippen LogP contribution in [0.4, 0.5) is 0 Å². The highest BCUT2D eigenvalue weighted by Crippen LogP contribution is 1.94. The van der Waals surface area contributed by atoms with Gasteiger partial charge >= 0.3 is 0 Å². The van der Waals surface area contributed by atoms with Gasteiger partial charge in [0.1, 0.15) is 0 Å². The molecule has 0 spiro atoms. The molecular formula is C13H28N2O5. The van der Waals surface area contributed by atoms with Crippen molar-refractivity contribution < 1.29 is 24.1 Å². The van der Waals surface area contributed by atoms with Gasteiger partial charge in [-0.25, -0.2) is 0 Å². The molecule has 3 unspecified atom stereocenters. The van der Waals surface area contributed by atoms with Crippen LogP contribution in [0, 0.1) is 0 Å². The van der Waals surface area contributed by atoms with Gasteiger partial charge in [0.05, 0.1) is 38.1 Å². The lowest BCUT2D eigenvalue weighted by molar-refractivity contribution is -0.123. The van der Waals surface area contributed by atoms with Crippen LogP contribution >= 0.6 is 0 Å². The first-order valence-electron chi connectivity index (χ1n) is 6.79. The lowest BCUT2D eigenvalue weighted by Crippen LogP contribution is -2.46. The van der Waals surface area contributed by atoms with Gasteiger partial charge < -0.3 is 30.0 Å². The third kappa shape index (κ3) is 10.1. The number of hydrogen-bond donors (Lipinski definition) is 3. The maximum atomic E-state index is 11.6. The molecule has 0 aliphatic carbocycles. The highest BCUT2D eigenvalue weighted by atomic mass is 16.5. The van der Waals surface area contributed by atoms with Crippen LogP contribution in [0.1, 0.15) is 13.8 Å². The van der Waals surface area contributed by atoms with Gasteiger partial charge in [-0.15, -0.1) is 0 Å². The third-order valence-corrected chi connectivity index (χ3v) is 2.63. The number of rotatable bonds is 12. The standard InChI is InChI=1S/C13H28N2O5/c1-10(8-19-4)20-9-12(16)7-15-11(2)13(17)14-5-6-18-3/h10-12,15-16H,5-9H2,1-4H3,(H,14,17). The van der Waals surface area contributed by atoms with Gasteiger partial charge in [0.2, 0.25) is 5.91 Å². The largest absolute Gasteiger partial charge is 0.389 e. The summed E-state index contributed by atoms with van der Waals surface area (Å²) in [5.74, 6) is -0.122. The highest BCUT2D eigenvalue weighted by molar-refractivity contribution is 5.81. The second-order valence-corrected chi connectivity index (χ2v) is 4.67. The van der Waals surface area contributed by atoms with Crippen LogP contribution in [0.3, 0.4) is 0 Å². The lowest BCUT2D eigenvalue weighted by atomic mass is 10.3. The predicted molar refractivity (Wildman–Crippen MR) is 75.6 cm³/mol. The number of aliphatic hydroxyl groups is 1. The summed E-state index contributed by atoms with van der Waals surface area (Å²) in [6, 6.07) is -0.377. The zero-order valence-electron chi connectivity index (χ0n) is 12.8. The topological polar surface area (TPSA) is 89.1 Å². The van der Waals surface area contributed by atoms with Crippen molar-refractivity contribution in [3.8, 4) is 0 Å². The van der Waals surface area contributed by atoms with Gasteiger partial charge in [0.25, 0.3) is 0 Å². The lowest BCUT2D eigenvalue weighted by Gasteiger charge is -2.19. The summed E-state index contributed by atoms with van der Waals surface area (Å²) in [5, 5.41) is 15.4. The molecule has 7 nitrogen and oxygen atoms in total. The zero-order chi connectivity index (χ0) is 15.4. The fourth-order valence-electron chi connectivity index (χ4n) is 1.45. The normalized spacial score (nSPS) is 15.7. The molecule has 7 heteroatoms. The van der Waals surface area contributed by atoms with Gasteiger partial charge in [0.15, 0.2) is 0 Å². The van der Waals surface area contributed by atoms with Gasteiger partial charge in [-0.2, -0.15) is 0 Å². The third-order valence-electron chi connectivity index (χ3n) is 2.63. The van der Waals surface area contributed by atoms with Crippen LogP contribution in [0.5, 0.6) is 0 Å². The van der Waals surface area contributed by atoms with Crippen molar-refractivity contribution in [2.75, 3.05) is 47.1 Å². The van der Waals surface area contributed by atoms with E-state index in [1.54, 1.807) is 21.1 Å². The van der Waals surface area contributed by atoms with Crippen molar-refractivity contribution >= 4 is 5.91 Å². The van der Waals surface area contributed by atoms with Crippen LogP contribution in [0.25, 0.3) is 0 Å². The summed E-state index contributed by atoms with van der Waals surface area (Å²) in [5.41, 5.74) is 0. The Morgan fingerprint density at radius 3 is 2.50 bits per heavy atom. The molecule has 0 bridgehead atoms. The summed E-state index contributed by atoms with van der Waals surface area (Å²) in [4.78, 5) is 11.6. The van der Waals surface area contributed by atoms with Gasteiger partial charge in [-0.1, -0.05) is 0 Å². The smallest absolute Gasteiger partial charge is 0.236 e. The molecular weight excluding hydrogens is 264 g/mol. The molecule has 0 aromatic rings. The van der Waals surface area contributed by atoms with E-state index in [1.807, 2.05) is 6.92 Å². The van der Waals surface area contributed by atoms with Gasteiger partial charge in [-0.3, -0.25) is 4.79 Å². The number of carbonyl (C=O) groups excluding carboxylic acids is 1. The molecule has 0 aliphatic rings. The molecule has 0 saturated heterocycles. The summed E-state index contributed by atoms with van der Waals surface area (Å²) in [6.45, 7) is 5.54. The molecule has 0 fully saturated rings. The second kappa shape index (κ2) is 12.0. The molecule has 0 aromatic carbocycles. The first kappa shape index (κ1) is 19.3. The van der Waals surface area contributed by atoms with E-state index in [1.165, 1.54) is 0 Å². The average molecular weight is 292 g/mol. The van der Waals surface area contributed by atoms with E-state index in [0.717, 1.165) is 0 Å². The number of carbonyl (C=O) groups is 1. The van der Waals surface area contributed by atoms with Crippen molar-refractivity contribution in [1.29, 1.82) is 0 Å². The summed E-state index contributed by atoms with van der Waals surface area (Å²) in [7, 11) is 3.18. The fourth-order valence-corrected chi connectivity index (χ4v) is 1.45. The molecule has 120 valence electrons. The Bertz CT molecular complexity index is 253. The van der Waals surface area contributed by atoms with Crippen molar-refractivity contribution in [3.63, 3.8) is 0 Å². The molecule has 0 aliphatic heterocycles. The number of ether oxygens (including phenoxy) is 3. The van der Waals surface area contributed by atoms with Gasteiger partial charge in [-0.05, 0) is 13.8 Å². The molecule has 0 radical (unpaired) electrons. The Balaban J connectivity index is 3.71. The minimum absolute atomic E-state index is 0.0654.